The molecule has 1 aromatic rings. The van der Waals surface area contributed by atoms with Crippen molar-refractivity contribution < 1.29 is 23.5 Å². The highest BCUT2D eigenvalue weighted by Gasteiger charge is 2.34. The van der Waals surface area contributed by atoms with Crippen LogP contribution in [0.25, 0.3) is 0 Å². The number of hydrogen-bond donors (Lipinski definition) is 3. The van der Waals surface area contributed by atoms with E-state index in [4.69, 9.17) is 5.11 Å². The number of halogens is 2. The summed E-state index contributed by atoms with van der Waals surface area (Å²) in [6, 6.07) is 1.10. The number of thiol groups is 1. The molecule has 0 aliphatic heterocycles. The standard InChI is InChI=1S/C12H13F2NO3S/c1-12(2,19)9(11(17)18)15-10(16)7-4-3-6(13)5-8(7)14/h3-5,9,19H,1-2H3,(H,15,16)(H,17,18). The van der Waals surface area contributed by atoms with Crippen molar-refractivity contribution in [2.75, 3.05) is 0 Å². The van der Waals surface area contributed by atoms with Crippen molar-refractivity contribution in [1.29, 1.82) is 0 Å². The molecule has 0 spiro atoms. The number of carboxylic acid groups (broad SMARTS) is 1. The van der Waals surface area contributed by atoms with Crippen molar-refractivity contribution in [3.8, 4) is 0 Å². The predicted octanol–water partition coefficient (Wildman–Crippen LogP) is 1.86. The molecule has 19 heavy (non-hydrogen) atoms. The Labute approximate surface area is 114 Å². The van der Waals surface area contributed by atoms with E-state index in [1.54, 1.807) is 0 Å². The molecule has 0 bridgehead atoms. The third-order valence-electron chi connectivity index (χ3n) is 2.40. The van der Waals surface area contributed by atoms with Crippen LogP contribution in [0.15, 0.2) is 18.2 Å². The SMILES string of the molecule is CC(C)(S)C(NC(=O)c1ccc(F)cc1F)C(=O)O. The molecule has 0 aliphatic carbocycles. The molecule has 1 amide bonds. The van der Waals surface area contributed by atoms with E-state index >= 15 is 0 Å². The minimum atomic E-state index is -1.31. The van der Waals surface area contributed by atoms with Gasteiger partial charge < -0.3 is 10.4 Å². The fourth-order valence-electron chi connectivity index (χ4n) is 1.42. The van der Waals surface area contributed by atoms with Crippen LogP contribution in [-0.4, -0.2) is 27.8 Å². The Morgan fingerprint density at radius 3 is 2.37 bits per heavy atom. The minimum absolute atomic E-state index is 0.426. The molecular formula is C12H13F2NO3S. The summed E-state index contributed by atoms with van der Waals surface area (Å²) in [5.74, 6) is -4.11. The Morgan fingerprint density at radius 2 is 1.95 bits per heavy atom. The van der Waals surface area contributed by atoms with Crippen LogP contribution in [0.4, 0.5) is 8.78 Å². The third-order valence-corrected chi connectivity index (χ3v) is 2.66. The van der Waals surface area contributed by atoms with Gasteiger partial charge in [-0.05, 0) is 26.0 Å². The lowest BCUT2D eigenvalue weighted by atomic mass is 10.0. The Morgan fingerprint density at radius 1 is 1.37 bits per heavy atom. The molecule has 0 saturated carbocycles. The molecule has 0 aromatic heterocycles. The first-order chi connectivity index (χ1) is 8.62. The first kappa shape index (κ1) is 15.4. The zero-order chi connectivity index (χ0) is 14.8. The number of aliphatic carboxylic acids is 1. The molecule has 1 rings (SSSR count). The highest BCUT2D eigenvalue weighted by atomic mass is 32.1. The summed E-state index contributed by atoms with van der Waals surface area (Å²) < 4.78 is 25.1. The van der Waals surface area contributed by atoms with Crippen molar-refractivity contribution in [2.45, 2.75) is 24.6 Å². The van der Waals surface area contributed by atoms with E-state index in [2.05, 4.69) is 17.9 Å². The predicted molar refractivity (Wildman–Crippen MR) is 68.3 cm³/mol. The van der Waals surface area contributed by atoms with Gasteiger partial charge in [0.05, 0.1) is 5.56 Å². The van der Waals surface area contributed by atoms with Gasteiger partial charge in [-0.15, -0.1) is 0 Å². The molecule has 1 unspecified atom stereocenters. The van der Waals surface area contributed by atoms with Gasteiger partial charge in [0.25, 0.3) is 5.91 Å². The largest absolute Gasteiger partial charge is 0.480 e. The molecule has 7 heteroatoms. The van der Waals surface area contributed by atoms with Gasteiger partial charge in [0.1, 0.15) is 17.7 Å². The highest BCUT2D eigenvalue weighted by molar-refractivity contribution is 7.81. The maximum Gasteiger partial charge on any atom is 0.327 e. The first-order valence-corrected chi connectivity index (χ1v) is 5.78. The zero-order valence-electron chi connectivity index (χ0n) is 10.3. The van der Waals surface area contributed by atoms with Crippen LogP contribution >= 0.6 is 12.6 Å². The molecule has 1 atom stereocenters. The van der Waals surface area contributed by atoms with Crippen LogP contribution < -0.4 is 5.32 Å². The molecule has 2 N–H and O–H groups in total. The van der Waals surface area contributed by atoms with E-state index in [0.29, 0.717) is 6.07 Å². The Hall–Kier alpha value is -1.63. The topological polar surface area (TPSA) is 66.4 Å². The number of benzene rings is 1. The smallest absolute Gasteiger partial charge is 0.327 e. The Balaban J connectivity index is 2.98. The summed E-state index contributed by atoms with van der Waals surface area (Å²) in [5.41, 5.74) is -0.426. The molecule has 1 aromatic carbocycles. The lowest BCUT2D eigenvalue weighted by Gasteiger charge is -2.26. The molecule has 104 valence electrons. The number of carboxylic acids is 1. The molecule has 0 radical (unpaired) electrons. The van der Waals surface area contributed by atoms with Crippen LogP contribution in [-0.2, 0) is 4.79 Å². The summed E-state index contributed by atoms with van der Waals surface area (Å²) in [6.07, 6.45) is 0. The second kappa shape index (κ2) is 5.56. The van der Waals surface area contributed by atoms with E-state index in [-0.39, 0.29) is 0 Å². The maximum absolute atomic E-state index is 13.4. The fourth-order valence-corrected chi connectivity index (χ4v) is 1.60. The van der Waals surface area contributed by atoms with E-state index < -0.39 is 39.9 Å². The summed E-state index contributed by atoms with van der Waals surface area (Å²) >= 11 is 4.07. The molecule has 0 saturated heterocycles. The van der Waals surface area contributed by atoms with Gasteiger partial charge in [-0.25, -0.2) is 13.6 Å². The molecular weight excluding hydrogens is 276 g/mol. The Bertz CT molecular complexity index is 514. The quantitative estimate of drug-likeness (QED) is 0.741. The average Bonchev–Trinajstić information content (AvgIpc) is 2.23. The normalized spacial score (nSPS) is 12.9. The highest BCUT2D eigenvalue weighted by Crippen LogP contribution is 2.19. The van der Waals surface area contributed by atoms with E-state index in [0.717, 1.165) is 12.1 Å². The van der Waals surface area contributed by atoms with Crippen molar-refractivity contribution in [2.24, 2.45) is 0 Å². The number of nitrogens with one attached hydrogen (secondary N) is 1. The minimum Gasteiger partial charge on any atom is -0.480 e. The van der Waals surface area contributed by atoms with Crippen LogP contribution in [0.5, 0.6) is 0 Å². The van der Waals surface area contributed by atoms with Crippen molar-refractivity contribution in [3.05, 3.63) is 35.4 Å². The lowest BCUT2D eigenvalue weighted by Crippen LogP contribution is -2.51. The van der Waals surface area contributed by atoms with Gasteiger partial charge in [0.2, 0.25) is 0 Å². The van der Waals surface area contributed by atoms with E-state index in [1.165, 1.54) is 13.8 Å². The van der Waals surface area contributed by atoms with Crippen LogP contribution in [0.1, 0.15) is 24.2 Å². The maximum atomic E-state index is 13.4. The summed E-state index contributed by atoms with van der Waals surface area (Å²) in [7, 11) is 0. The number of amides is 1. The monoisotopic (exact) mass is 289 g/mol. The van der Waals surface area contributed by atoms with Gasteiger partial charge in [0, 0.05) is 10.8 Å². The molecule has 0 aliphatic rings. The molecule has 0 heterocycles. The van der Waals surface area contributed by atoms with Crippen LogP contribution in [0, 0.1) is 11.6 Å². The van der Waals surface area contributed by atoms with Gasteiger partial charge in [-0.3, -0.25) is 4.79 Å². The number of carbonyl (C=O) groups excluding carboxylic acids is 1. The van der Waals surface area contributed by atoms with Gasteiger partial charge >= 0.3 is 5.97 Å². The fraction of sp³-hybridized carbons (Fsp3) is 0.333. The lowest BCUT2D eigenvalue weighted by molar-refractivity contribution is -0.139. The van der Waals surface area contributed by atoms with Crippen molar-refractivity contribution in [1.82, 2.24) is 5.32 Å². The number of hydrogen-bond acceptors (Lipinski definition) is 3. The number of carbonyl (C=O) groups is 2. The van der Waals surface area contributed by atoms with Crippen LogP contribution in [0.2, 0.25) is 0 Å². The summed E-state index contributed by atoms with van der Waals surface area (Å²) in [5, 5.41) is 11.2. The Kier molecular flexibility index (Phi) is 4.52. The van der Waals surface area contributed by atoms with Crippen molar-refractivity contribution in [3.63, 3.8) is 0 Å². The molecule has 0 fully saturated rings. The second-order valence-corrected chi connectivity index (χ2v) is 5.68. The summed E-state index contributed by atoms with van der Waals surface area (Å²) in [6.45, 7) is 2.99. The van der Waals surface area contributed by atoms with E-state index in [9.17, 15) is 18.4 Å². The summed E-state index contributed by atoms with van der Waals surface area (Å²) in [4.78, 5) is 22.8. The second-order valence-electron chi connectivity index (χ2n) is 4.52. The van der Waals surface area contributed by atoms with Gasteiger partial charge in [-0.2, -0.15) is 12.6 Å². The zero-order valence-corrected chi connectivity index (χ0v) is 11.2. The number of rotatable bonds is 4. The van der Waals surface area contributed by atoms with Crippen molar-refractivity contribution >= 4 is 24.5 Å². The average molecular weight is 289 g/mol. The van der Waals surface area contributed by atoms with Gasteiger partial charge in [-0.1, -0.05) is 0 Å². The van der Waals surface area contributed by atoms with Gasteiger partial charge in [0.15, 0.2) is 0 Å². The van der Waals surface area contributed by atoms with E-state index in [1.807, 2.05) is 0 Å². The molecule has 4 nitrogen and oxygen atoms in total. The van der Waals surface area contributed by atoms with Crippen LogP contribution in [0.3, 0.4) is 0 Å². The third kappa shape index (κ3) is 3.92. The first-order valence-electron chi connectivity index (χ1n) is 5.34.